The van der Waals surface area contributed by atoms with Crippen LogP contribution in [0.15, 0.2) is 42.5 Å². The number of imide groups is 1. The first-order valence-corrected chi connectivity index (χ1v) is 10.3. The molecule has 5 heteroatoms. The highest BCUT2D eigenvalue weighted by molar-refractivity contribution is 6.22. The number of nitrogens with zero attached hydrogens (tertiary/aromatic N) is 2. The Bertz CT molecular complexity index is 976. The zero-order chi connectivity index (χ0) is 20.5. The number of carbonyl (C=O) groups is 3. The molecule has 1 fully saturated rings. The van der Waals surface area contributed by atoms with Crippen LogP contribution >= 0.6 is 0 Å². The van der Waals surface area contributed by atoms with Gasteiger partial charge >= 0.3 is 0 Å². The third-order valence-electron chi connectivity index (χ3n) is 6.12. The van der Waals surface area contributed by atoms with E-state index in [1.165, 1.54) is 4.90 Å². The largest absolute Gasteiger partial charge is 0.337 e. The van der Waals surface area contributed by atoms with Gasteiger partial charge in [-0.3, -0.25) is 19.3 Å². The third kappa shape index (κ3) is 3.57. The molecule has 0 spiro atoms. The van der Waals surface area contributed by atoms with E-state index in [9.17, 15) is 14.4 Å². The highest BCUT2D eigenvalue weighted by atomic mass is 16.2. The van der Waals surface area contributed by atoms with Gasteiger partial charge in [0.15, 0.2) is 0 Å². The van der Waals surface area contributed by atoms with Crippen LogP contribution in [0.2, 0.25) is 0 Å². The minimum atomic E-state index is -0.256. The maximum Gasteiger partial charge on any atom is 0.261 e. The predicted molar refractivity (Wildman–Crippen MR) is 111 cm³/mol. The molecule has 1 aliphatic carbocycles. The zero-order valence-corrected chi connectivity index (χ0v) is 17.0. The van der Waals surface area contributed by atoms with E-state index in [4.69, 9.17) is 0 Å². The van der Waals surface area contributed by atoms with Crippen LogP contribution in [-0.4, -0.2) is 40.6 Å². The van der Waals surface area contributed by atoms with Gasteiger partial charge < -0.3 is 4.90 Å². The van der Waals surface area contributed by atoms with Crippen molar-refractivity contribution >= 4 is 17.7 Å². The first kappa shape index (κ1) is 19.4. The number of carbonyl (C=O) groups excluding carboxylic acids is 3. The summed E-state index contributed by atoms with van der Waals surface area (Å²) in [6.07, 6.45) is 5.00. The van der Waals surface area contributed by atoms with Crippen molar-refractivity contribution in [2.24, 2.45) is 0 Å². The SMILES string of the molecule is Cc1ccccc1CN(C)C(=O)c1ccc2c(c1)C(=O)N(C1CCCCC1)C2=O. The summed E-state index contributed by atoms with van der Waals surface area (Å²) in [4.78, 5) is 41.8. The van der Waals surface area contributed by atoms with Gasteiger partial charge in [-0.05, 0) is 49.1 Å². The van der Waals surface area contributed by atoms with E-state index in [2.05, 4.69) is 0 Å². The maximum absolute atomic E-state index is 13.0. The number of benzene rings is 2. The third-order valence-corrected chi connectivity index (χ3v) is 6.12. The van der Waals surface area contributed by atoms with Crippen LogP contribution in [0, 0.1) is 6.92 Å². The molecule has 0 unspecified atom stereocenters. The first-order valence-electron chi connectivity index (χ1n) is 10.3. The van der Waals surface area contributed by atoms with Crippen molar-refractivity contribution in [1.29, 1.82) is 0 Å². The molecule has 1 aliphatic heterocycles. The van der Waals surface area contributed by atoms with Crippen LogP contribution in [0.5, 0.6) is 0 Å². The lowest BCUT2D eigenvalue weighted by molar-refractivity contribution is 0.0548. The summed E-state index contributed by atoms with van der Waals surface area (Å²) in [6, 6.07) is 12.8. The van der Waals surface area contributed by atoms with Crippen molar-refractivity contribution in [3.8, 4) is 0 Å². The van der Waals surface area contributed by atoms with Crippen molar-refractivity contribution in [1.82, 2.24) is 9.80 Å². The monoisotopic (exact) mass is 390 g/mol. The molecular formula is C24H26N2O3. The Labute approximate surface area is 171 Å². The molecule has 4 rings (SSSR count). The second-order valence-corrected chi connectivity index (χ2v) is 8.12. The molecule has 0 radical (unpaired) electrons. The summed E-state index contributed by atoms with van der Waals surface area (Å²) in [5, 5.41) is 0. The molecule has 2 aliphatic rings. The Morgan fingerprint density at radius 2 is 1.69 bits per heavy atom. The molecule has 0 atom stereocenters. The van der Waals surface area contributed by atoms with Gasteiger partial charge in [-0.15, -0.1) is 0 Å². The van der Waals surface area contributed by atoms with E-state index in [0.717, 1.165) is 43.2 Å². The standard InChI is InChI=1S/C24H26N2O3/c1-16-8-6-7-9-18(16)15-25(2)22(27)17-12-13-20-21(14-17)24(29)26(23(20)28)19-10-4-3-5-11-19/h6-9,12-14,19H,3-5,10-11,15H2,1-2H3. The average molecular weight is 390 g/mol. The lowest BCUT2D eigenvalue weighted by atomic mass is 9.94. The fourth-order valence-electron chi connectivity index (χ4n) is 4.40. The lowest BCUT2D eigenvalue weighted by Crippen LogP contribution is -2.40. The molecule has 3 amide bonds. The van der Waals surface area contributed by atoms with Crippen molar-refractivity contribution in [2.45, 2.75) is 51.6 Å². The number of fused-ring (bicyclic) bond motifs is 1. The van der Waals surface area contributed by atoms with Gasteiger partial charge in [0.1, 0.15) is 0 Å². The lowest BCUT2D eigenvalue weighted by Gasteiger charge is -2.29. The van der Waals surface area contributed by atoms with Gasteiger partial charge in [0.25, 0.3) is 17.7 Å². The minimum absolute atomic E-state index is 0.0148. The number of rotatable bonds is 4. The fourth-order valence-corrected chi connectivity index (χ4v) is 4.40. The van der Waals surface area contributed by atoms with E-state index >= 15 is 0 Å². The Morgan fingerprint density at radius 1 is 1.00 bits per heavy atom. The second-order valence-electron chi connectivity index (χ2n) is 8.12. The molecule has 5 nitrogen and oxygen atoms in total. The van der Waals surface area contributed by atoms with Crippen LogP contribution in [-0.2, 0) is 6.54 Å². The molecule has 2 aromatic carbocycles. The molecule has 1 saturated carbocycles. The summed E-state index contributed by atoms with van der Waals surface area (Å²) < 4.78 is 0. The van der Waals surface area contributed by atoms with Gasteiger partial charge in [-0.2, -0.15) is 0 Å². The van der Waals surface area contributed by atoms with Gasteiger partial charge in [-0.1, -0.05) is 43.5 Å². The molecule has 1 heterocycles. The van der Waals surface area contributed by atoms with Crippen LogP contribution in [0.25, 0.3) is 0 Å². The summed E-state index contributed by atoms with van der Waals surface area (Å²) >= 11 is 0. The Balaban J connectivity index is 1.55. The fraction of sp³-hybridized carbons (Fsp3) is 0.375. The highest BCUT2D eigenvalue weighted by Gasteiger charge is 2.40. The quantitative estimate of drug-likeness (QED) is 0.736. The zero-order valence-electron chi connectivity index (χ0n) is 17.0. The van der Waals surface area contributed by atoms with E-state index in [0.29, 0.717) is 23.2 Å². The molecule has 0 saturated heterocycles. The van der Waals surface area contributed by atoms with Gasteiger partial charge in [0, 0.05) is 25.2 Å². The van der Waals surface area contributed by atoms with Crippen LogP contribution < -0.4 is 0 Å². The summed E-state index contributed by atoms with van der Waals surface area (Å²) in [6.45, 7) is 2.51. The summed E-state index contributed by atoms with van der Waals surface area (Å²) in [5.41, 5.74) is 3.42. The van der Waals surface area contributed by atoms with Crippen molar-refractivity contribution in [2.75, 3.05) is 7.05 Å². The van der Waals surface area contributed by atoms with Crippen molar-refractivity contribution in [3.63, 3.8) is 0 Å². The Kier molecular flexibility index (Phi) is 5.22. The normalized spacial score (nSPS) is 16.8. The van der Waals surface area contributed by atoms with Crippen LogP contribution in [0.4, 0.5) is 0 Å². The minimum Gasteiger partial charge on any atom is -0.337 e. The smallest absolute Gasteiger partial charge is 0.261 e. The van der Waals surface area contributed by atoms with Gasteiger partial charge in [-0.25, -0.2) is 0 Å². The molecule has 150 valence electrons. The Morgan fingerprint density at radius 3 is 2.41 bits per heavy atom. The second kappa shape index (κ2) is 7.82. The van der Waals surface area contributed by atoms with Crippen molar-refractivity contribution in [3.05, 3.63) is 70.3 Å². The average Bonchev–Trinajstić information content (AvgIpc) is 2.99. The number of hydrogen-bond donors (Lipinski definition) is 0. The summed E-state index contributed by atoms with van der Waals surface area (Å²) in [7, 11) is 1.75. The van der Waals surface area contributed by atoms with Crippen molar-refractivity contribution < 1.29 is 14.4 Å². The van der Waals surface area contributed by atoms with E-state index in [1.807, 2.05) is 31.2 Å². The van der Waals surface area contributed by atoms with Gasteiger partial charge in [0.2, 0.25) is 0 Å². The maximum atomic E-state index is 13.0. The molecule has 0 N–H and O–H groups in total. The van der Waals surface area contributed by atoms with Crippen LogP contribution in [0.3, 0.4) is 0 Å². The molecule has 2 aromatic rings. The predicted octanol–water partition coefficient (Wildman–Crippen LogP) is 4.20. The van der Waals surface area contributed by atoms with E-state index in [1.54, 1.807) is 30.1 Å². The number of hydrogen-bond acceptors (Lipinski definition) is 3. The first-order chi connectivity index (χ1) is 14.0. The summed E-state index contributed by atoms with van der Waals surface area (Å²) in [5.74, 6) is -0.635. The Hall–Kier alpha value is -2.95. The molecule has 29 heavy (non-hydrogen) atoms. The molecule has 0 aromatic heterocycles. The van der Waals surface area contributed by atoms with E-state index in [-0.39, 0.29) is 23.8 Å². The van der Waals surface area contributed by atoms with Crippen LogP contribution in [0.1, 0.15) is 74.3 Å². The van der Waals surface area contributed by atoms with Gasteiger partial charge in [0.05, 0.1) is 11.1 Å². The number of aryl methyl sites for hydroxylation is 1. The highest BCUT2D eigenvalue weighted by Crippen LogP contribution is 2.31. The molecular weight excluding hydrogens is 364 g/mol. The van der Waals surface area contributed by atoms with E-state index < -0.39 is 0 Å². The molecule has 0 bridgehead atoms. The topological polar surface area (TPSA) is 57.7 Å². The number of amides is 3.